The maximum atomic E-state index is 13.0. The Morgan fingerprint density at radius 2 is 1.70 bits per heavy atom. The van der Waals surface area contributed by atoms with Gasteiger partial charge in [-0.15, -0.1) is 0 Å². The van der Waals surface area contributed by atoms with Gasteiger partial charge in [0.25, 0.3) is 0 Å². The van der Waals surface area contributed by atoms with E-state index in [4.69, 9.17) is 21.2 Å². The first-order valence-corrected chi connectivity index (χ1v) is 11.0. The highest BCUT2D eigenvalue weighted by molar-refractivity contribution is 6.31. The summed E-state index contributed by atoms with van der Waals surface area (Å²) in [6.45, 7) is 0.887. The number of hydrogen-bond donors (Lipinski definition) is 3. The summed E-state index contributed by atoms with van der Waals surface area (Å²) in [6.07, 6.45) is -3.31. The second kappa shape index (κ2) is 12.3. The molecule has 3 aromatic rings. The number of amides is 3. The summed E-state index contributed by atoms with van der Waals surface area (Å²) in [4.78, 5) is 39.2. The highest BCUT2D eigenvalue weighted by Crippen LogP contribution is 2.36. The number of anilines is 2. The standard InChI is InChI=1S/C23H22ClF3N6O4/c1-33(2)11-12-36-32-21(34)20-28-10-9-19(31-20)37-16-6-3-14(4-7-16)29-22(35)30-15-5-8-18(24)17(13-15)23(25,26)27/h3-10,13H,11-12H2,1-2H3,(H,32,34)(H2,29,30,35). The second-order valence-electron chi connectivity index (χ2n) is 7.70. The van der Waals surface area contributed by atoms with Crippen molar-refractivity contribution in [3.8, 4) is 11.6 Å². The topological polar surface area (TPSA) is 118 Å². The molecule has 14 heteroatoms. The number of nitrogens with one attached hydrogen (secondary N) is 3. The molecule has 0 fully saturated rings. The van der Waals surface area contributed by atoms with E-state index in [0.717, 1.165) is 12.1 Å². The van der Waals surface area contributed by atoms with E-state index < -0.39 is 28.7 Å². The van der Waals surface area contributed by atoms with Crippen molar-refractivity contribution in [2.75, 3.05) is 37.9 Å². The Morgan fingerprint density at radius 1 is 1.03 bits per heavy atom. The van der Waals surface area contributed by atoms with Crippen molar-refractivity contribution in [2.24, 2.45) is 0 Å². The van der Waals surface area contributed by atoms with Crippen LogP contribution in [0.5, 0.6) is 11.6 Å². The largest absolute Gasteiger partial charge is 0.439 e. The van der Waals surface area contributed by atoms with Crippen molar-refractivity contribution in [2.45, 2.75) is 6.18 Å². The van der Waals surface area contributed by atoms with Crippen LogP contribution in [0.4, 0.5) is 29.3 Å². The highest BCUT2D eigenvalue weighted by Gasteiger charge is 2.33. The molecule has 196 valence electrons. The van der Waals surface area contributed by atoms with E-state index in [1.54, 1.807) is 0 Å². The molecule has 3 N–H and O–H groups in total. The lowest BCUT2D eigenvalue weighted by atomic mass is 10.2. The number of nitrogens with zero attached hydrogens (tertiary/aromatic N) is 3. The number of likely N-dealkylation sites (N-methyl/N-ethyl adjacent to an activating group) is 1. The van der Waals surface area contributed by atoms with Gasteiger partial charge in [-0.2, -0.15) is 18.2 Å². The Labute approximate surface area is 214 Å². The van der Waals surface area contributed by atoms with Gasteiger partial charge in [0.2, 0.25) is 11.7 Å². The third kappa shape index (κ3) is 8.59. The molecular formula is C23H22ClF3N6O4. The number of carbonyl (C=O) groups excluding carboxylic acids is 2. The average molecular weight is 539 g/mol. The Hall–Kier alpha value is -3.94. The lowest BCUT2D eigenvalue weighted by Gasteiger charge is -2.12. The Balaban J connectivity index is 1.55. The van der Waals surface area contributed by atoms with Crippen molar-refractivity contribution in [3.63, 3.8) is 0 Å². The third-order valence-electron chi connectivity index (χ3n) is 4.50. The summed E-state index contributed by atoms with van der Waals surface area (Å²) in [5, 5.41) is 4.34. The van der Waals surface area contributed by atoms with Gasteiger partial charge in [0.1, 0.15) is 5.75 Å². The molecular weight excluding hydrogens is 517 g/mol. The van der Waals surface area contributed by atoms with Crippen LogP contribution in [0.3, 0.4) is 0 Å². The van der Waals surface area contributed by atoms with Gasteiger partial charge in [-0.3, -0.25) is 9.63 Å². The number of hydrogen-bond acceptors (Lipinski definition) is 7. The molecule has 0 unspecified atom stereocenters. The van der Waals surface area contributed by atoms with Crippen LogP contribution in [0.1, 0.15) is 16.2 Å². The first kappa shape index (κ1) is 27.6. The summed E-state index contributed by atoms with van der Waals surface area (Å²) in [5.41, 5.74) is 1.45. The van der Waals surface area contributed by atoms with Gasteiger partial charge >= 0.3 is 18.1 Å². The number of urea groups is 1. The number of hydroxylamine groups is 1. The molecule has 0 aliphatic rings. The van der Waals surface area contributed by atoms with Crippen LogP contribution < -0.4 is 20.9 Å². The summed E-state index contributed by atoms with van der Waals surface area (Å²) >= 11 is 5.58. The highest BCUT2D eigenvalue weighted by atomic mass is 35.5. The number of rotatable bonds is 9. The molecule has 37 heavy (non-hydrogen) atoms. The molecule has 2 aromatic carbocycles. The van der Waals surface area contributed by atoms with Gasteiger partial charge in [-0.1, -0.05) is 11.6 Å². The van der Waals surface area contributed by atoms with Crippen LogP contribution in [0, 0.1) is 0 Å². The lowest BCUT2D eigenvalue weighted by Crippen LogP contribution is -2.29. The number of carbonyl (C=O) groups is 2. The van der Waals surface area contributed by atoms with Crippen LogP contribution >= 0.6 is 11.6 Å². The molecule has 0 saturated heterocycles. The zero-order valence-corrected chi connectivity index (χ0v) is 20.4. The Kier molecular flexibility index (Phi) is 9.22. The van der Waals surface area contributed by atoms with Crippen LogP contribution in [0.15, 0.2) is 54.7 Å². The molecule has 3 rings (SSSR count). The molecule has 3 amide bonds. The van der Waals surface area contributed by atoms with Gasteiger partial charge < -0.3 is 20.3 Å². The van der Waals surface area contributed by atoms with Crippen molar-refractivity contribution in [3.05, 3.63) is 71.1 Å². The zero-order chi connectivity index (χ0) is 27.0. The summed E-state index contributed by atoms with van der Waals surface area (Å²) in [7, 11) is 3.73. The third-order valence-corrected chi connectivity index (χ3v) is 4.83. The first-order chi connectivity index (χ1) is 17.5. The normalized spacial score (nSPS) is 11.2. The maximum absolute atomic E-state index is 13.0. The number of halogens is 4. The monoisotopic (exact) mass is 538 g/mol. The Bertz CT molecular complexity index is 1240. The molecule has 0 bridgehead atoms. The van der Waals surface area contributed by atoms with Gasteiger partial charge in [0.15, 0.2) is 0 Å². The number of alkyl halides is 3. The maximum Gasteiger partial charge on any atom is 0.417 e. The molecule has 0 aliphatic heterocycles. The molecule has 1 heterocycles. The number of ether oxygens (including phenoxy) is 1. The van der Waals surface area contributed by atoms with Crippen molar-refractivity contribution >= 4 is 34.9 Å². The lowest BCUT2D eigenvalue weighted by molar-refractivity contribution is -0.137. The molecule has 10 nitrogen and oxygen atoms in total. The quantitative estimate of drug-likeness (QED) is 0.264. The van der Waals surface area contributed by atoms with E-state index in [1.807, 2.05) is 19.0 Å². The van der Waals surface area contributed by atoms with Crippen molar-refractivity contribution in [1.82, 2.24) is 20.3 Å². The van der Waals surface area contributed by atoms with Crippen LogP contribution in [-0.4, -0.2) is 54.1 Å². The van der Waals surface area contributed by atoms with Crippen LogP contribution in [-0.2, 0) is 11.0 Å². The van der Waals surface area contributed by atoms with E-state index >= 15 is 0 Å². The molecule has 1 aromatic heterocycles. The van der Waals surface area contributed by atoms with E-state index in [0.29, 0.717) is 18.0 Å². The van der Waals surface area contributed by atoms with E-state index in [1.165, 1.54) is 42.6 Å². The van der Waals surface area contributed by atoms with E-state index in [9.17, 15) is 22.8 Å². The average Bonchev–Trinajstić information content (AvgIpc) is 2.83. The fourth-order valence-corrected chi connectivity index (χ4v) is 2.96. The summed E-state index contributed by atoms with van der Waals surface area (Å²) in [6, 6.07) is 9.78. The fraction of sp³-hybridized carbons (Fsp3) is 0.217. The predicted octanol–water partition coefficient (Wildman–Crippen LogP) is 4.81. The van der Waals surface area contributed by atoms with Gasteiger partial charge in [-0.05, 0) is 56.6 Å². The van der Waals surface area contributed by atoms with E-state index in [2.05, 4.69) is 26.1 Å². The van der Waals surface area contributed by atoms with Crippen LogP contribution in [0.25, 0.3) is 0 Å². The minimum atomic E-state index is -4.66. The Morgan fingerprint density at radius 3 is 2.38 bits per heavy atom. The smallest absolute Gasteiger partial charge is 0.417 e. The number of benzene rings is 2. The van der Waals surface area contributed by atoms with Gasteiger partial charge in [0, 0.05) is 30.2 Å². The number of aromatic nitrogens is 2. The molecule has 0 aliphatic carbocycles. The fourth-order valence-electron chi connectivity index (χ4n) is 2.74. The zero-order valence-electron chi connectivity index (χ0n) is 19.6. The van der Waals surface area contributed by atoms with Crippen molar-refractivity contribution < 1.29 is 32.3 Å². The summed E-state index contributed by atoms with van der Waals surface area (Å²) < 4.78 is 44.6. The van der Waals surface area contributed by atoms with Gasteiger partial charge in [-0.25, -0.2) is 15.3 Å². The van der Waals surface area contributed by atoms with Crippen molar-refractivity contribution in [1.29, 1.82) is 0 Å². The van der Waals surface area contributed by atoms with Crippen LogP contribution in [0.2, 0.25) is 5.02 Å². The summed E-state index contributed by atoms with van der Waals surface area (Å²) in [5.74, 6) is -0.369. The van der Waals surface area contributed by atoms with E-state index in [-0.39, 0.29) is 24.0 Å². The molecule has 0 spiro atoms. The van der Waals surface area contributed by atoms with Gasteiger partial charge in [0.05, 0.1) is 17.2 Å². The SMILES string of the molecule is CN(C)CCONC(=O)c1nccc(Oc2ccc(NC(=O)Nc3ccc(Cl)c(C(F)(F)F)c3)cc2)n1. The first-order valence-electron chi connectivity index (χ1n) is 10.6. The predicted molar refractivity (Wildman–Crippen MR) is 130 cm³/mol. The molecule has 0 radical (unpaired) electrons. The second-order valence-corrected chi connectivity index (χ2v) is 8.11. The minimum Gasteiger partial charge on any atom is -0.439 e. The molecule has 0 saturated carbocycles. The molecule has 0 atom stereocenters. The minimum absolute atomic E-state index is 0.0825.